The van der Waals surface area contributed by atoms with E-state index in [9.17, 15) is 39.0 Å². The molecule has 14 nitrogen and oxygen atoms in total. The van der Waals surface area contributed by atoms with Gasteiger partial charge in [-0.1, -0.05) is 78.3 Å². The number of rotatable bonds is 21. The number of ether oxygens (including phenoxy) is 2. The van der Waals surface area contributed by atoms with Crippen molar-refractivity contribution in [2.24, 2.45) is 17.8 Å². The van der Waals surface area contributed by atoms with E-state index in [1.165, 1.54) is 0 Å². The van der Waals surface area contributed by atoms with E-state index in [4.69, 9.17) is 9.47 Å². The number of alkyl carbamates (subject to hydrolysis) is 1. The van der Waals surface area contributed by atoms with Crippen LogP contribution in [0.1, 0.15) is 106 Å². The molecule has 0 aliphatic carbocycles. The fourth-order valence-electron chi connectivity index (χ4n) is 5.15. The van der Waals surface area contributed by atoms with E-state index in [-0.39, 0.29) is 43.6 Å². The van der Waals surface area contributed by atoms with Crippen molar-refractivity contribution in [1.82, 2.24) is 21.3 Å². The van der Waals surface area contributed by atoms with E-state index < -0.39 is 78.0 Å². The molecule has 1 unspecified atom stereocenters. The van der Waals surface area contributed by atoms with Crippen LogP contribution >= 0.6 is 0 Å². The van der Waals surface area contributed by atoms with Gasteiger partial charge in [0.25, 0.3) is 0 Å². The molecule has 14 heteroatoms. The Morgan fingerprint density at radius 1 is 0.804 bits per heavy atom. The third-order valence-electron chi connectivity index (χ3n) is 7.91. The molecule has 0 aromatic heterocycles. The Bertz CT molecular complexity index is 1280. The minimum atomic E-state index is -1.49. The van der Waals surface area contributed by atoms with Crippen molar-refractivity contribution in [2.45, 2.75) is 143 Å². The van der Waals surface area contributed by atoms with Crippen LogP contribution in [-0.2, 0) is 40.1 Å². The van der Waals surface area contributed by atoms with Crippen LogP contribution in [0.4, 0.5) is 4.79 Å². The van der Waals surface area contributed by atoms with Gasteiger partial charge in [-0.2, -0.15) is 0 Å². The van der Waals surface area contributed by atoms with Gasteiger partial charge in [0.1, 0.15) is 30.3 Å². The molecule has 6 N–H and O–H groups in total. The highest BCUT2D eigenvalue weighted by atomic mass is 16.6. The maximum absolute atomic E-state index is 13.4. The topological polar surface area (TPSA) is 209 Å². The van der Waals surface area contributed by atoms with Crippen LogP contribution in [0, 0.1) is 17.8 Å². The van der Waals surface area contributed by atoms with E-state index in [0.717, 1.165) is 0 Å². The molecule has 4 amide bonds. The van der Waals surface area contributed by atoms with Crippen molar-refractivity contribution in [3.8, 4) is 0 Å². The molecule has 0 aliphatic rings. The average molecular weight is 721 g/mol. The molecule has 0 aliphatic heterocycles. The second-order valence-electron chi connectivity index (χ2n) is 14.9. The number of benzene rings is 1. The van der Waals surface area contributed by atoms with Crippen LogP contribution in [0.3, 0.4) is 0 Å². The Hall–Kier alpha value is -4.20. The van der Waals surface area contributed by atoms with Gasteiger partial charge in [-0.15, -0.1) is 0 Å². The minimum absolute atomic E-state index is 0.0551. The van der Waals surface area contributed by atoms with Gasteiger partial charge in [-0.3, -0.25) is 19.2 Å². The van der Waals surface area contributed by atoms with Crippen molar-refractivity contribution in [3.05, 3.63) is 35.9 Å². The van der Waals surface area contributed by atoms with Gasteiger partial charge in [-0.25, -0.2) is 9.59 Å². The molecule has 0 saturated carbocycles. The van der Waals surface area contributed by atoms with Gasteiger partial charge in [0, 0.05) is 6.42 Å². The Morgan fingerprint density at radius 2 is 1.41 bits per heavy atom. The highest BCUT2D eigenvalue weighted by Gasteiger charge is 2.33. The first-order valence-corrected chi connectivity index (χ1v) is 17.7. The number of carboxylic acid groups (broad SMARTS) is 1. The Kier molecular flexibility index (Phi) is 19.2. The summed E-state index contributed by atoms with van der Waals surface area (Å²) in [6, 6.07) is 4.51. The number of carboxylic acids is 1. The normalized spacial score (nSPS) is 15.1. The van der Waals surface area contributed by atoms with E-state index in [0.29, 0.717) is 18.4 Å². The summed E-state index contributed by atoms with van der Waals surface area (Å²) in [6.07, 6.45) is -1.69. The molecule has 1 aromatic rings. The number of carbonyl (C=O) groups is 6. The third-order valence-corrected chi connectivity index (χ3v) is 7.91. The predicted octanol–water partition coefficient (Wildman–Crippen LogP) is 3.83. The highest BCUT2D eigenvalue weighted by molar-refractivity contribution is 5.92. The molecular weight excluding hydrogens is 660 g/mol. The summed E-state index contributed by atoms with van der Waals surface area (Å²) in [5.41, 5.74) is -0.0812. The number of hydrogen-bond acceptors (Lipinski definition) is 9. The van der Waals surface area contributed by atoms with Crippen LogP contribution < -0.4 is 21.3 Å². The lowest BCUT2D eigenvalue weighted by molar-refractivity contribution is -0.153. The summed E-state index contributed by atoms with van der Waals surface area (Å²) in [5, 5.41) is 31.1. The van der Waals surface area contributed by atoms with Crippen LogP contribution in [0.5, 0.6) is 0 Å². The van der Waals surface area contributed by atoms with Gasteiger partial charge in [-0.05, 0) is 63.4 Å². The fourth-order valence-corrected chi connectivity index (χ4v) is 5.15. The second-order valence-corrected chi connectivity index (χ2v) is 14.9. The number of aliphatic hydroxyl groups excluding tert-OH is 1. The highest BCUT2D eigenvalue weighted by Crippen LogP contribution is 2.16. The zero-order valence-corrected chi connectivity index (χ0v) is 31.6. The van der Waals surface area contributed by atoms with Gasteiger partial charge in [0.2, 0.25) is 17.7 Å². The molecule has 6 atom stereocenters. The molecule has 1 rings (SSSR count). The van der Waals surface area contributed by atoms with E-state index in [2.05, 4.69) is 21.3 Å². The molecule has 0 fully saturated rings. The number of nitrogens with one attached hydrogen (secondary N) is 4. The summed E-state index contributed by atoms with van der Waals surface area (Å²) in [6.45, 7) is 16.3. The first-order chi connectivity index (χ1) is 23.7. The number of aliphatic hydroxyl groups is 1. The molecule has 0 spiro atoms. The largest absolute Gasteiger partial charge is 0.481 e. The zero-order chi connectivity index (χ0) is 38.9. The minimum Gasteiger partial charge on any atom is -0.481 e. The first kappa shape index (κ1) is 44.8. The number of aliphatic carboxylic acids is 1. The molecule has 0 bridgehead atoms. The number of carbonyl (C=O) groups excluding carboxylic acids is 5. The summed E-state index contributed by atoms with van der Waals surface area (Å²) < 4.78 is 10.6. The molecule has 1 aromatic carbocycles. The molecule has 288 valence electrons. The molecule has 51 heavy (non-hydrogen) atoms. The summed E-state index contributed by atoms with van der Waals surface area (Å²) in [4.78, 5) is 76.6. The zero-order valence-electron chi connectivity index (χ0n) is 31.6. The van der Waals surface area contributed by atoms with Crippen LogP contribution in [0.2, 0.25) is 0 Å². The Morgan fingerprint density at radius 3 is 1.94 bits per heavy atom. The second kappa shape index (κ2) is 21.9. The van der Waals surface area contributed by atoms with Crippen molar-refractivity contribution < 1.29 is 48.5 Å². The summed E-state index contributed by atoms with van der Waals surface area (Å²) in [7, 11) is 0. The molecule has 0 radical (unpaired) electrons. The van der Waals surface area contributed by atoms with Crippen molar-refractivity contribution in [3.63, 3.8) is 0 Å². The van der Waals surface area contributed by atoms with Crippen LogP contribution in [0.25, 0.3) is 0 Å². The Balaban J connectivity index is 2.97. The average Bonchev–Trinajstić information content (AvgIpc) is 3.02. The van der Waals surface area contributed by atoms with Gasteiger partial charge in [0.05, 0.1) is 18.6 Å². The van der Waals surface area contributed by atoms with E-state index in [1.807, 2.05) is 41.5 Å². The SMILES string of the molecule is CC[C@H](C)[C@H](NC(=O)OC(C)(C)C)C(=O)N[C@@H](CC(C)C)C(O)CCC(=O)N[C@@H](CC(C)C)C(=O)N[C@@H](CC(=O)O)C(=O)OCc1ccccc1. The smallest absolute Gasteiger partial charge is 0.408 e. The van der Waals surface area contributed by atoms with Gasteiger partial charge >= 0.3 is 18.0 Å². The van der Waals surface area contributed by atoms with Gasteiger partial charge < -0.3 is 41.0 Å². The lowest BCUT2D eigenvalue weighted by Crippen LogP contribution is -2.55. The van der Waals surface area contributed by atoms with Crippen molar-refractivity contribution in [1.29, 1.82) is 0 Å². The van der Waals surface area contributed by atoms with E-state index in [1.54, 1.807) is 51.1 Å². The number of hydrogen-bond donors (Lipinski definition) is 6. The van der Waals surface area contributed by atoms with Gasteiger partial charge in [0.15, 0.2) is 0 Å². The Labute approximate surface area is 302 Å². The third kappa shape index (κ3) is 18.6. The van der Waals surface area contributed by atoms with Crippen molar-refractivity contribution in [2.75, 3.05) is 0 Å². The predicted molar refractivity (Wildman–Crippen MR) is 191 cm³/mol. The standard InChI is InChI=1S/C37H60N4O10/c1-10-24(6)32(41-36(49)51-37(7,8)9)34(47)39-26(18-22(2)3)29(42)16-17-30(43)38-27(19-23(4)5)33(46)40-28(20-31(44)45)35(48)50-21-25-14-12-11-13-15-25/h11-15,22-24,26-29,32,42H,10,16-21H2,1-9H3,(H,38,43)(H,39,47)(H,40,46)(H,41,49)(H,44,45)/t24-,26-,27-,28-,29?,32-/m0/s1. The summed E-state index contributed by atoms with van der Waals surface area (Å²) >= 11 is 0. The summed E-state index contributed by atoms with van der Waals surface area (Å²) in [5.74, 6) is -4.29. The fraction of sp³-hybridized carbons (Fsp3) is 0.676. The van der Waals surface area contributed by atoms with Crippen LogP contribution in [-0.4, -0.2) is 81.8 Å². The quantitative estimate of drug-likeness (QED) is 0.101. The monoisotopic (exact) mass is 720 g/mol. The van der Waals surface area contributed by atoms with E-state index >= 15 is 0 Å². The van der Waals surface area contributed by atoms with Crippen LogP contribution in [0.15, 0.2) is 30.3 Å². The molecule has 0 saturated heterocycles. The molecular formula is C37H60N4O10. The molecule has 0 heterocycles. The number of esters is 1. The maximum Gasteiger partial charge on any atom is 0.408 e. The lowest BCUT2D eigenvalue weighted by atomic mass is 9.94. The first-order valence-electron chi connectivity index (χ1n) is 17.7. The lowest BCUT2D eigenvalue weighted by Gasteiger charge is -2.30. The number of amides is 4. The van der Waals surface area contributed by atoms with Crippen molar-refractivity contribution >= 4 is 35.8 Å². The maximum atomic E-state index is 13.4.